The average Bonchev–Trinajstić information content (AvgIpc) is 3.27. The van der Waals surface area contributed by atoms with Gasteiger partial charge >= 0.3 is 0 Å². The number of likely N-dealkylation sites (tertiary alicyclic amines) is 1. The van der Waals surface area contributed by atoms with Crippen molar-refractivity contribution in [3.05, 3.63) is 60.3 Å². The van der Waals surface area contributed by atoms with Gasteiger partial charge in [0.2, 0.25) is 0 Å². The summed E-state index contributed by atoms with van der Waals surface area (Å²) in [5.74, 6) is 1.42. The molecule has 0 amide bonds. The summed E-state index contributed by atoms with van der Waals surface area (Å²) in [6.45, 7) is 5.08. The fourth-order valence-corrected chi connectivity index (χ4v) is 4.77. The third-order valence-electron chi connectivity index (χ3n) is 6.40. The van der Waals surface area contributed by atoms with Gasteiger partial charge in [-0.3, -0.25) is 0 Å². The lowest BCUT2D eigenvalue weighted by Gasteiger charge is -2.36. The number of piperidine rings is 1. The highest BCUT2D eigenvalue weighted by Gasteiger charge is 2.28. The smallest absolute Gasteiger partial charge is 0.250 e. The molecule has 2 aromatic heterocycles. The third kappa shape index (κ3) is 4.67. The predicted molar refractivity (Wildman–Crippen MR) is 117 cm³/mol. The van der Waals surface area contributed by atoms with E-state index in [0.29, 0.717) is 11.9 Å². The number of ether oxygens (including phenoxy) is 1. The molecule has 2 aliphatic rings. The van der Waals surface area contributed by atoms with Crippen molar-refractivity contribution in [2.24, 2.45) is 5.92 Å². The first-order chi connectivity index (χ1) is 15.3. The van der Waals surface area contributed by atoms with Gasteiger partial charge < -0.3 is 9.64 Å². The van der Waals surface area contributed by atoms with E-state index in [-0.39, 0.29) is 5.82 Å². The lowest BCUT2D eigenvalue weighted by Crippen LogP contribution is -2.39. The fourth-order valence-electron chi connectivity index (χ4n) is 4.77. The molecule has 0 radical (unpaired) electrons. The van der Waals surface area contributed by atoms with Crippen molar-refractivity contribution < 1.29 is 9.13 Å². The molecule has 162 valence electrons. The minimum absolute atomic E-state index is 0.245. The van der Waals surface area contributed by atoms with Crippen molar-refractivity contribution in [2.75, 3.05) is 32.8 Å². The summed E-state index contributed by atoms with van der Waals surface area (Å²) < 4.78 is 20.8. The minimum atomic E-state index is -0.245. The van der Waals surface area contributed by atoms with Crippen LogP contribution in [-0.4, -0.2) is 57.5 Å². The van der Waals surface area contributed by atoms with Crippen LogP contribution in [0.1, 0.15) is 37.3 Å². The number of benzene rings is 1. The second-order valence-corrected chi connectivity index (χ2v) is 8.58. The largest absolute Gasteiger partial charge is 0.381 e. The number of hydrogen-bond donors (Lipinski definition) is 0. The highest BCUT2D eigenvalue weighted by molar-refractivity contribution is 5.60. The molecule has 5 rings (SSSR count). The standard InChI is InChI=1S/C24H28FN5O/c25-21-6-4-19(5-7-21)22-15-23(30(28-22)24-26-10-2-11-27-24)20-3-1-12-29(17-20)16-18-8-13-31-14-9-18/h2,4-7,10-11,15,18,20H,1,3,8-9,12-14,16-17H2. The van der Waals surface area contributed by atoms with Crippen LogP contribution in [0.5, 0.6) is 0 Å². The molecule has 0 saturated carbocycles. The zero-order valence-corrected chi connectivity index (χ0v) is 17.7. The van der Waals surface area contributed by atoms with Crippen LogP contribution in [0.15, 0.2) is 48.8 Å². The Morgan fingerprint density at radius 2 is 1.81 bits per heavy atom. The van der Waals surface area contributed by atoms with Gasteiger partial charge in [0, 0.05) is 50.2 Å². The van der Waals surface area contributed by atoms with Gasteiger partial charge in [-0.25, -0.2) is 19.0 Å². The quantitative estimate of drug-likeness (QED) is 0.622. The third-order valence-corrected chi connectivity index (χ3v) is 6.40. The van der Waals surface area contributed by atoms with Crippen molar-refractivity contribution in [1.82, 2.24) is 24.6 Å². The molecule has 1 unspecified atom stereocenters. The molecule has 2 fully saturated rings. The van der Waals surface area contributed by atoms with Gasteiger partial charge in [-0.05, 0) is 74.5 Å². The Balaban J connectivity index is 1.43. The molecule has 6 nitrogen and oxygen atoms in total. The van der Waals surface area contributed by atoms with E-state index in [1.165, 1.54) is 18.6 Å². The van der Waals surface area contributed by atoms with Crippen molar-refractivity contribution in [3.63, 3.8) is 0 Å². The molecule has 1 aromatic carbocycles. The van der Waals surface area contributed by atoms with Crippen LogP contribution in [0.25, 0.3) is 17.2 Å². The zero-order valence-electron chi connectivity index (χ0n) is 17.7. The molecule has 31 heavy (non-hydrogen) atoms. The first-order valence-electron chi connectivity index (χ1n) is 11.2. The topological polar surface area (TPSA) is 56.1 Å². The van der Waals surface area contributed by atoms with E-state index in [9.17, 15) is 4.39 Å². The van der Waals surface area contributed by atoms with Gasteiger partial charge in [-0.2, -0.15) is 5.10 Å². The maximum atomic E-state index is 13.4. The monoisotopic (exact) mass is 421 g/mol. The first kappa shape index (κ1) is 20.3. The molecule has 7 heteroatoms. The Morgan fingerprint density at radius 3 is 2.58 bits per heavy atom. The summed E-state index contributed by atoms with van der Waals surface area (Å²) >= 11 is 0. The summed E-state index contributed by atoms with van der Waals surface area (Å²) in [5, 5.41) is 4.83. The van der Waals surface area contributed by atoms with Crippen LogP contribution in [0.2, 0.25) is 0 Å². The SMILES string of the molecule is Fc1ccc(-c2cc(C3CCCN(CC4CCOCC4)C3)n(-c3ncccn3)n2)cc1. The van der Waals surface area contributed by atoms with Crippen molar-refractivity contribution in [2.45, 2.75) is 31.6 Å². The molecule has 4 heterocycles. The normalized spacial score (nSPS) is 20.7. The maximum absolute atomic E-state index is 13.4. The number of hydrogen-bond acceptors (Lipinski definition) is 5. The van der Waals surface area contributed by atoms with Crippen LogP contribution < -0.4 is 0 Å². The molecule has 0 aliphatic carbocycles. The van der Waals surface area contributed by atoms with Crippen molar-refractivity contribution in [3.8, 4) is 17.2 Å². The van der Waals surface area contributed by atoms with E-state index < -0.39 is 0 Å². The van der Waals surface area contributed by atoms with Crippen molar-refractivity contribution >= 4 is 0 Å². The molecule has 2 aliphatic heterocycles. The van der Waals surface area contributed by atoms with E-state index >= 15 is 0 Å². The number of nitrogens with zero attached hydrogens (tertiary/aromatic N) is 5. The highest BCUT2D eigenvalue weighted by atomic mass is 19.1. The van der Waals surface area contributed by atoms with Gasteiger partial charge in [0.25, 0.3) is 5.95 Å². The second kappa shape index (κ2) is 9.24. The summed E-state index contributed by atoms with van der Waals surface area (Å²) in [5.41, 5.74) is 2.85. The van der Waals surface area contributed by atoms with Gasteiger partial charge in [-0.1, -0.05) is 0 Å². The van der Waals surface area contributed by atoms with Crippen molar-refractivity contribution in [1.29, 1.82) is 0 Å². The van der Waals surface area contributed by atoms with Crippen LogP contribution in [0.3, 0.4) is 0 Å². The maximum Gasteiger partial charge on any atom is 0.250 e. The number of aromatic nitrogens is 4. The predicted octanol–water partition coefficient (Wildman–Crippen LogP) is 4.07. The molecule has 1 atom stereocenters. The highest BCUT2D eigenvalue weighted by Crippen LogP contribution is 2.32. The van der Waals surface area contributed by atoms with E-state index in [4.69, 9.17) is 9.84 Å². The zero-order chi connectivity index (χ0) is 21.0. The first-order valence-corrected chi connectivity index (χ1v) is 11.2. The lowest BCUT2D eigenvalue weighted by molar-refractivity contribution is 0.0481. The van der Waals surface area contributed by atoms with E-state index in [1.54, 1.807) is 24.5 Å². The van der Waals surface area contributed by atoms with Crippen LogP contribution >= 0.6 is 0 Å². The molecular weight excluding hydrogens is 393 g/mol. The molecule has 0 bridgehead atoms. The van der Waals surface area contributed by atoms with Gasteiger partial charge in [0.15, 0.2) is 0 Å². The molecule has 3 aromatic rings. The van der Waals surface area contributed by atoms with E-state index in [1.807, 2.05) is 10.7 Å². The Hall–Kier alpha value is -2.64. The van der Waals surface area contributed by atoms with Gasteiger partial charge in [0.05, 0.1) is 11.4 Å². The van der Waals surface area contributed by atoms with E-state index in [2.05, 4.69) is 20.9 Å². The molecular formula is C24H28FN5O. The van der Waals surface area contributed by atoms with Gasteiger partial charge in [0.1, 0.15) is 5.82 Å². The Kier molecular flexibility index (Phi) is 6.04. The fraction of sp³-hybridized carbons (Fsp3) is 0.458. The Bertz CT molecular complexity index is 985. The lowest BCUT2D eigenvalue weighted by atomic mass is 9.92. The van der Waals surface area contributed by atoms with Crippen LogP contribution in [0.4, 0.5) is 4.39 Å². The summed E-state index contributed by atoms with van der Waals surface area (Å²) in [4.78, 5) is 11.5. The molecule has 0 spiro atoms. The summed E-state index contributed by atoms with van der Waals surface area (Å²) in [6.07, 6.45) is 8.08. The van der Waals surface area contributed by atoms with Gasteiger partial charge in [-0.15, -0.1) is 0 Å². The average molecular weight is 422 g/mol. The summed E-state index contributed by atoms with van der Waals surface area (Å²) in [7, 11) is 0. The number of halogens is 1. The van der Waals surface area contributed by atoms with Crippen LogP contribution in [0, 0.1) is 11.7 Å². The minimum Gasteiger partial charge on any atom is -0.381 e. The molecule has 0 N–H and O–H groups in total. The summed E-state index contributed by atoms with van der Waals surface area (Å²) in [6, 6.07) is 10.4. The van der Waals surface area contributed by atoms with E-state index in [0.717, 1.165) is 75.0 Å². The Labute approximate surface area is 182 Å². The second-order valence-electron chi connectivity index (χ2n) is 8.58. The number of rotatable bonds is 5. The Morgan fingerprint density at radius 1 is 1.03 bits per heavy atom. The van der Waals surface area contributed by atoms with Crippen LogP contribution in [-0.2, 0) is 4.74 Å². The molecule has 2 saturated heterocycles.